The summed E-state index contributed by atoms with van der Waals surface area (Å²) in [6.07, 6.45) is 7.62. The Morgan fingerprint density at radius 1 is 1.19 bits per heavy atom. The quantitative estimate of drug-likeness (QED) is 0.832. The van der Waals surface area contributed by atoms with Crippen LogP contribution in [-0.4, -0.2) is 44.7 Å². The fourth-order valence-corrected chi connectivity index (χ4v) is 6.66. The van der Waals surface area contributed by atoms with Gasteiger partial charge in [-0.25, -0.2) is 0 Å². The molecule has 1 aromatic carbocycles. The van der Waals surface area contributed by atoms with E-state index in [1.54, 1.807) is 20.0 Å². The molecule has 138 valence electrons. The molecule has 1 spiro atoms. The summed E-state index contributed by atoms with van der Waals surface area (Å²) in [5, 5.41) is 9.21. The number of benzene rings is 1. The molecule has 1 aromatic rings. The first-order valence-corrected chi connectivity index (χ1v) is 10.3. The van der Waals surface area contributed by atoms with E-state index in [0.29, 0.717) is 5.56 Å². The van der Waals surface area contributed by atoms with Crippen molar-refractivity contribution in [3.63, 3.8) is 0 Å². The first kappa shape index (κ1) is 16.4. The van der Waals surface area contributed by atoms with Crippen molar-refractivity contribution >= 4 is 5.69 Å². The van der Waals surface area contributed by atoms with E-state index >= 15 is 0 Å². The summed E-state index contributed by atoms with van der Waals surface area (Å²) in [5.41, 5.74) is 2.51. The fourth-order valence-electron chi connectivity index (χ4n) is 6.66. The Morgan fingerprint density at radius 2 is 2.00 bits per heavy atom. The van der Waals surface area contributed by atoms with Crippen LogP contribution in [0.2, 0.25) is 0 Å². The molecule has 3 bridgehead atoms. The molecule has 0 aromatic heterocycles. The maximum atomic E-state index is 9.21. The highest BCUT2D eigenvalue weighted by Gasteiger charge is 2.59. The van der Waals surface area contributed by atoms with Gasteiger partial charge in [-0.05, 0) is 73.5 Å². The lowest BCUT2D eigenvalue weighted by molar-refractivity contribution is 0.128. The van der Waals surface area contributed by atoms with E-state index in [0.717, 1.165) is 60.8 Å². The van der Waals surface area contributed by atoms with Gasteiger partial charge in [0.05, 0.1) is 24.4 Å². The SMILES string of the molecule is COc1ccc(C#N)cc1N1CCN(CC2CC3CC24CCC3C4)CC1. The average molecular weight is 351 g/mol. The molecule has 1 aliphatic heterocycles. The second-order valence-electron chi connectivity index (χ2n) is 9.05. The van der Waals surface area contributed by atoms with Gasteiger partial charge in [-0.1, -0.05) is 0 Å². The van der Waals surface area contributed by atoms with Crippen LogP contribution in [0.3, 0.4) is 0 Å². The summed E-state index contributed by atoms with van der Waals surface area (Å²) < 4.78 is 5.53. The van der Waals surface area contributed by atoms with Crippen LogP contribution < -0.4 is 9.64 Å². The molecule has 4 nitrogen and oxygen atoms in total. The lowest BCUT2D eigenvalue weighted by Crippen LogP contribution is -2.49. The molecule has 3 saturated carbocycles. The Hall–Kier alpha value is -1.73. The zero-order valence-electron chi connectivity index (χ0n) is 15.8. The summed E-state index contributed by atoms with van der Waals surface area (Å²) in [6, 6.07) is 7.98. The van der Waals surface area contributed by atoms with Crippen LogP contribution in [0, 0.1) is 34.5 Å². The number of fused-ring (bicyclic) bond motifs is 3. The van der Waals surface area contributed by atoms with Crippen LogP contribution in [0.5, 0.6) is 5.75 Å². The van der Waals surface area contributed by atoms with Crippen molar-refractivity contribution in [3.8, 4) is 11.8 Å². The Morgan fingerprint density at radius 3 is 2.69 bits per heavy atom. The summed E-state index contributed by atoms with van der Waals surface area (Å²) >= 11 is 0. The second-order valence-corrected chi connectivity index (χ2v) is 9.05. The number of nitrogens with zero attached hydrogens (tertiary/aromatic N) is 3. The number of anilines is 1. The van der Waals surface area contributed by atoms with Gasteiger partial charge in [0.1, 0.15) is 5.75 Å². The standard InChI is InChI=1S/C22H29N3O/c1-26-21-3-2-16(14-23)10-20(21)25-8-6-24(7-9-25)15-19-11-18-13-22(19)5-4-17(18)12-22/h2-3,10,17-19H,4-9,11-13,15H2,1H3. The van der Waals surface area contributed by atoms with Gasteiger partial charge in [-0.15, -0.1) is 0 Å². The van der Waals surface area contributed by atoms with E-state index in [1.165, 1.54) is 25.8 Å². The molecule has 5 rings (SSSR count). The highest BCUT2D eigenvalue weighted by atomic mass is 16.5. The normalized spacial score (nSPS) is 35.7. The lowest BCUT2D eigenvalue weighted by Gasteiger charge is -2.41. The number of hydrogen-bond donors (Lipinski definition) is 0. The van der Waals surface area contributed by atoms with Gasteiger partial charge in [0.25, 0.3) is 0 Å². The van der Waals surface area contributed by atoms with E-state index < -0.39 is 0 Å². The number of rotatable bonds is 4. The van der Waals surface area contributed by atoms with E-state index in [2.05, 4.69) is 15.9 Å². The van der Waals surface area contributed by atoms with Gasteiger partial charge >= 0.3 is 0 Å². The molecule has 1 heterocycles. The van der Waals surface area contributed by atoms with Crippen LogP contribution >= 0.6 is 0 Å². The number of methoxy groups -OCH3 is 1. The monoisotopic (exact) mass is 351 g/mol. The Bertz CT molecular complexity index is 729. The van der Waals surface area contributed by atoms with E-state index in [-0.39, 0.29) is 0 Å². The van der Waals surface area contributed by atoms with Gasteiger partial charge < -0.3 is 9.64 Å². The predicted octanol–water partition coefficient (Wildman–Crippen LogP) is 3.52. The summed E-state index contributed by atoms with van der Waals surface area (Å²) in [7, 11) is 1.71. The van der Waals surface area contributed by atoms with E-state index in [1.807, 2.05) is 18.2 Å². The maximum absolute atomic E-state index is 9.21. The zero-order chi connectivity index (χ0) is 17.7. The molecular formula is C22H29N3O. The average Bonchev–Trinajstić information content (AvgIpc) is 3.34. The number of ether oxygens (including phenoxy) is 1. The molecular weight excluding hydrogens is 322 g/mol. The second kappa shape index (κ2) is 6.16. The summed E-state index contributed by atoms with van der Waals surface area (Å²) in [6.45, 7) is 5.61. The molecule has 3 aliphatic carbocycles. The first-order valence-electron chi connectivity index (χ1n) is 10.3. The minimum absolute atomic E-state index is 0.708. The van der Waals surface area contributed by atoms with Crippen molar-refractivity contribution in [1.29, 1.82) is 5.26 Å². The van der Waals surface area contributed by atoms with Crippen LogP contribution in [0.15, 0.2) is 18.2 Å². The maximum Gasteiger partial charge on any atom is 0.142 e. The predicted molar refractivity (Wildman–Crippen MR) is 102 cm³/mol. The first-order chi connectivity index (χ1) is 12.7. The molecule has 4 unspecified atom stereocenters. The van der Waals surface area contributed by atoms with Gasteiger partial charge in [-0.3, -0.25) is 4.90 Å². The zero-order valence-corrected chi connectivity index (χ0v) is 15.8. The molecule has 4 aliphatic rings. The Balaban J connectivity index is 1.23. The van der Waals surface area contributed by atoms with Crippen LogP contribution in [0.1, 0.15) is 37.7 Å². The topological polar surface area (TPSA) is 39.5 Å². The lowest BCUT2D eigenvalue weighted by atomic mass is 9.76. The third-order valence-electron chi connectivity index (χ3n) is 7.97. The van der Waals surface area contributed by atoms with Crippen molar-refractivity contribution in [3.05, 3.63) is 23.8 Å². The third-order valence-corrected chi connectivity index (χ3v) is 7.97. The molecule has 4 heteroatoms. The Labute approximate surface area is 156 Å². The van der Waals surface area contributed by atoms with Crippen LogP contribution in [0.4, 0.5) is 5.69 Å². The molecule has 1 saturated heterocycles. The van der Waals surface area contributed by atoms with Crippen molar-refractivity contribution < 1.29 is 4.74 Å². The van der Waals surface area contributed by atoms with E-state index in [4.69, 9.17) is 4.74 Å². The summed E-state index contributed by atoms with van der Waals surface area (Å²) in [4.78, 5) is 5.09. The largest absolute Gasteiger partial charge is 0.495 e. The molecule has 4 fully saturated rings. The Kier molecular flexibility index (Phi) is 3.90. The highest BCUT2D eigenvalue weighted by Crippen LogP contribution is 2.68. The van der Waals surface area contributed by atoms with Gasteiger partial charge in [0, 0.05) is 32.7 Å². The van der Waals surface area contributed by atoms with Crippen LogP contribution in [0.25, 0.3) is 0 Å². The molecule has 0 N–H and O–H groups in total. The van der Waals surface area contributed by atoms with Crippen molar-refractivity contribution in [2.75, 3.05) is 44.7 Å². The highest BCUT2D eigenvalue weighted by molar-refractivity contribution is 5.62. The van der Waals surface area contributed by atoms with Gasteiger partial charge in [-0.2, -0.15) is 5.26 Å². The van der Waals surface area contributed by atoms with Gasteiger partial charge in [0.2, 0.25) is 0 Å². The molecule has 0 radical (unpaired) electrons. The number of piperazine rings is 1. The molecule has 0 amide bonds. The minimum atomic E-state index is 0.708. The van der Waals surface area contributed by atoms with E-state index in [9.17, 15) is 5.26 Å². The smallest absolute Gasteiger partial charge is 0.142 e. The summed E-state index contributed by atoms with van der Waals surface area (Å²) in [5.74, 6) is 3.98. The van der Waals surface area contributed by atoms with Crippen molar-refractivity contribution in [2.24, 2.45) is 23.2 Å². The van der Waals surface area contributed by atoms with Crippen molar-refractivity contribution in [1.82, 2.24) is 4.90 Å². The number of hydrogen-bond acceptors (Lipinski definition) is 4. The number of nitriles is 1. The molecule has 4 atom stereocenters. The van der Waals surface area contributed by atoms with Crippen molar-refractivity contribution in [2.45, 2.75) is 32.1 Å². The van der Waals surface area contributed by atoms with Crippen LogP contribution in [-0.2, 0) is 0 Å². The third kappa shape index (κ3) is 2.52. The minimum Gasteiger partial charge on any atom is -0.495 e. The molecule has 26 heavy (non-hydrogen) atoms. The van der Waals surface area contributed by atoms with Gasteiger partial charge in [0.15, 0.2) is 0 Å². The fraction of sp³-hybridized carbons (Fsp3) is 0.682.